The monoisotopic (exact) mass is 259 g/mol. The fraction of sp³-hybridized carbons (Fsp3) is 0.333. The van der Waals surface area contributed by atoms with Crippen LogP contribution in [-0.4, -0.2) is 44.1 Å². The maximum atomic E-state index is 10.8. The summed E-state index contributed by atoms with van der Waals surface area (Å²) in [5, 5.41) is 16.4. The van der Waals surface area contributed by atoms with Crippen molar-refractivity contribution in [3.8, 4) is 0 Å². The number of rotatable bonds is 3. The van der Waals surface area contributed by atoms with Gasteiger partial charge in [0.2, 0.25) is 0 Å². The van der Waals surface area contributed by atoms with Crippen LogP contribution in [0.4, 0.5) is 5.82 Å². The molecule has 2 aromatic rings. The predicted octanol–water partition coefficient (Wildman–Crippen LogP) is 0.823. The second-order valence-corrected chi connectivity index (χ2v) is 4.47. The van der Waals surface area contributed by atoms with Gasteiger partial charge < -0.3 is 10.0 Å². The highest BCUT2D eigenvalue weighted by Crippen LogP contribution is 2.24. The third-order valence-corrected chi connectivity index (χ3v) is 3.24. The van der Waals surface area contributed by atoms with Gasteiger partial charge in [-0.25, -0.2) is 14.5 Å². The minimum atomic E-state index is -1.05. The molecular formula is C12H13N5O2. The lowest BCUT2D eigenvalue weighted by molar-refractivity contribution is 0.0690. The highest BCUT2D eigenvalue weighted by atomic mass is 16.4. The molecule has 0 aliphatic carbocycles. The van der Waals surface area contributed by atoms with Crippen molar-refractivity contribution in [1.29, 1.82) is 0 Å². The van der Waals surface area contributed by atoms with E-state index in [1.807, 2.05) is 18.2 Å². The van der Waals surface area contributed by atoms with Crippen LogP contribution in [0, 0.1) is 0 Å². The number of carboxylic acid groups (broad SMARTS) is 1. The van der Waals surface area contributed by atoms with Crippen LogP contribution in [-0.2, 0) is 0 Å². The number of carbonyl (C=O) groups is 1. The molecule has 0 saturated carbocycles. The lowest BCUT2D eigenvalue weighted by Crippen LogP contribution is -2.21. The Morgan fingerprint density at radius 1 is 1.42 bits per heavy atom. The molecule has 2 aromatic heterocycles. The quantitative estimate of drug-likeness (QED) is 0.878. The summed E-state index contributed by atoms with van der Waals surface area (Å²) in [4.78, 5) is 17.2. The molecule has 0 aromatic carbocycles. The van der Waals surface area contributed by atoms with Gasteiger partial charge in [0.15, 0.2) is 5.69 Å². The lowest BCUT2D eigenvalue weighted by atomic mass is 10.3. The molecule has 1 fully saturated rings. The summed E-state index contributed by atoms with van der Waals surface area (Å²) in [7, 11) is 0. The Balaban J connectivity index is 1.73. The van der Waals surface area contributed by atoms with Gasteiger partial charge >= 0.3 is 5.97 Å². The smallest absolute Gasteiger partial charge is 0.358 e. The Hall–Kier alpha value is -2.44. The Morgan fingerprint density at radius 2 is 2.32 bits per heavy atom. The number of pyridine rings is 1. The Labute approximate surface area is 109 Å². The van der Waals surface area contributed by atoms with Crippen molar-refractivity contribution in [3.63, 3.8) is 0 Å². The number of nitrogens with zero attached hydrogens (tertiary/aromatic N) is 5. The molecule has 1 aliphatic rings. The highest BCUT2D eigenvalue weighted by molar-refractivity contribution is 5.84. The third kappa shape index (κ3) is 2.26. The molecule has 0 amide bonds. The summed E-state index contributed by atoms with van der Waals surface area (Å²) in [6.45, 7) is 1.64. The minimum absolute atomic E-state index is 0.0173. The minimum Gasteiger partial charge on any atom is -0.476 e. The SMILES string of the molecule is O=C(O)c1cn(C2CCN(c3ccccn3)C2)nn1. The van der Waals surface area contributed by atoms with Gasteiger partial charge in [-0.3, -0.25) is 0 Å². The number of hydrogen-bond acceptors (Lipinski definition) is 5. The molecule has 1 aliphatic heterocycles. The maximum Gasteiger partial charge on any atom is 0.358 e. The van der Waals surface area contributed by atoms with E-state index in [0.717, 1.165) is 25.3 Å². The van der Waals surface area contributed by atoms with Crippen molar-refractivity contribution in [1.82, 2.24) is 20.0 Å². The fourth-order valence-electron chi connectivity index (χ4n) is 2.26. The van der Waals surface area contributed by atoms with Crippen molar-refractivity contribution in [2.45, 2.75) is 12.5 Å². The summed E-state index contributed by atoms with van der Waals surface area (Å²) >= 11 is 0. The zero-order valence-corrected chi connectivity index (χ0v) is 10.2. The summed E-state index contributed by atoms with van der Waals surface area (Å²) < 4.78 is 1.63. The van der Waals surface area contributed by atoms with Crippen molar-refractivity contribution in [3.05, 3.63) is 36.3 Å². The largest absolute Gasteiger partial charge is 0.476 e. The van der Waals surface area contributed by atoms with Gasteiger partial charge in [-0.1, -0.05) is 11.3 Å². The van der Waals surface area contributed by atoms with E-state index in [0.29, 0.717) is 0 Å². The summed E-state index contributed by atoms with van der Waals surface area (Å²) in [5.74, 6) is -0.116. The zero-order chi connectivity index (χ0) is 13.2. The third-order valence-electron chi connectivity index (χ3n) is 3.24. The fourth-order valence-corrected chi connectivity index (χ4v) is 2.26. The Kier molecular flexibility index (Phi) is 2.86. The van der Waals surface area contributed by atoms with E-state index in [1.54, 1.807) is 10.9 Å². The van der Waals surface area contributed by atoms with Crippen LogP contribution in [0.2, 0.25) is 0 Å². The number of anilines is 1. The number of hydrogen-bond donors (Lipinski definition) is 1. The Morgan fingerprint density at radius 3 is 3.00 bits per heavy atom. The standard InChI is InChI=1S/C12H13N5O2/c18-12(19)10-8-17(15-14-10)9-4-6-16(7-9)11-3-1-2-5-13-11/h1-3,5,8-9H,4,6-7H2,(H,18,19). The second kappa shape index (κ2) is 4.68. The first kappa shape index (κ1) is 11.6. The average molecular weight is 259 g/mol. The van der Waals surface area contributed by atoms with Gasteiger partial charge in [-0.2, -0.15) is 0 Å². The van der Waals surface area contributed by atoms with Gasteiger partial charge in [0.05, 0.1) is 12.2 Å². The van der Waals surface area contributed by atoms with Crippen LogP contribution in [0.1, 0.15) is 23.0 Å². The van der Waals surface area contributed by atoms with Gasteiger partial charge in [0, 0.05) is 19.3 Å². The molecule has 3 rings (SSSR count). The second-order valence-electron chi connectivity index (χ2n) is 4.47. The molecule has 1 saturated heterocycles. The average Bonchev–Trinajstić information content (AvgIpc) is 3.09. The molecule has 1 N–H and O–H groups in total. The van der Waals surface area contributed by atoms with Crippen LogP contribution in [0.5, 0.6) is 0 Å². The van der Waals surface area contributed by atoms with E-state index in [2.05, 4.69) is 20.2 Å². The van der Waals surface area contributed by atoms with Gasteiger partial charge in [-0.15, -0.1) is 5.10 Å². The molecule has 1 atom stereocenters. The number of aromatic carboxylic acids is 1. The molecule has 7 nitrogen and oxygen atoms in total. The molecule has 0 spiro atoms. The van der Waals surface area contributed by atoms with E-state index in [9.17, 15) is 4.79 Å². The van der Waals surface area contributed by atoms with Gasteiger partial charge in [-0.05, 0) is 18.6 Å². The number of aromatic nitrogens is 4. The first-order chi connectivity index (χ1) is 9.24. The van der Waals surface area contributed by atoms with Crippen LogP contribution in [0.15, 0.2) is 30.6 Å². The van der Waals surface area contributed by atoms with E-state index in [4.69, 9.17) is 5.11 Å². The van der Waals surface area contributed by atoms with Gasteiger partial charge in [0.25, 0.3) is 0 Å². The van der Waals surface area contributed by atoms with Crippen LogP contribution >= 0.6 is 0 Å². The summed E-state index contributed by atoms with van der Waals surface area (Å²) in [5.41, 5.74) is -0.0173. The van der Waals surface area contributed by atoms with E-state index < -0.39 is 5.97 Å². The summed E-state index contributed by atoms with van der Waals surface area (Å²) in [6.07, 6.45) is 4.15. The Bertz CT molecular complexity index is 583. The predicted molar refractivity (Wildman–Crippen MR) is 67.1 cm³/mol. The molecular weight excluding hydrogens is 246 g/mol. The molecule has 19 heavy (non-hydrogen) atoms. The molecule has 98 valence electrons. The highest BCUT2D eigenvalue weighted by Gasteiger charge is 2.26. The zero-order valence-electron chi connectivity index (χ0n) is 10.2. The first-order valence-electron chi connectivity index (χ1n) is 6.05. The maximum absolute atomic E-state index is 10.8. The summed E-state index contributed by atoms with van der Waals surface area (Å²) in [6, 6.07) is 5.94. The van der Waals surface area contributed by atoms with E-state index in [-0.39, 0.29) is 11.7 Å². The van der Waals surface area contributed by atoms with Gasteiger partial charge in [0.1, 0.15) is 5.82 Å². The molecule has 0 radical (unpaired) electrons. The van der Waals surface area contributed by atoms with Crippen molar-refractivity contribution >= 4 is 11.8 Å². The molecule has 0 bridgehead atoms. The molecule has 3 heterocycles. The van der Waals surface area contributed by atoms with Crippen molar-refractivity contribution < 1.29 is 9.90 Å². The number of carboxylic acids is 1. The first-order valence-corrected chi connectivity index (χ1v) is 6.05. The normalized spacial score (nSPS) is 18.7. The van der Waals surface area contributed by atoms with Crippen LogP contribution < -0.4 is 4.90 Å². The topological polar surface area (TPSA) is 84.1 Å². The van der Waals surface area contributed by atoms with Crippen LogP contribution in [0.3, 0.4) is 0 Å². The van der Waals surface area contributed by atoms with Crippen LogP contribution in [0.25, 0.3) is 0 Å². The van der Waals surface area contributed by atoms with E-state index >= 15 is 0 Å². The van der Waals surface area contributed by atoms with E-state index in [1.165, 1.54) is 6.20 Å². The lowest BCUT2D eigenvalue weighted by Gasteiger charge is -2.16. The van der Waals surface area contributed by atoms with Crippen molar-refractivity contribution in [2.24, 2.45) is 0 Å². The van der Waals surface area contributed by atoms with Crippen molar-refractivity contribution in [2.75, 3.05) is 18.0 Å². The molecule has 7 heteroatoms. The molecule has 1 unspecified atom stereocenters.